The van der Waals surface area contributed by atoms with Gasteiger partial charge in [-0.05, 0) is 36.4 Å². The van der Waals surface area contributed by atoms with Gasteiger partial charge in [-0.15, -0.1) is 0 Å². The molecule has 0 saturated carbocycles. The number of rotatable bonds is 3. The second kappa shape index (κ2) is 5.44. The zero-order valence-electron chi connectivity index (χ0n) is 10.3. The van der Waals surface area contributed by atoms with E-state index in [0.29, 0.717) is 16.8 Å². The van der Waals surface area contributed by atoms with E-state index in [2.05, 4.69) is 0 Å². The number of aldehydes is 1. The van der Waals surface area contributed by atoms with Crippen LogP contribution in [0.3, 0.4) is 0 Å². The SMILES string of the molecule is CN(C(=O)c1ccc(C=O)cc1)c1ccc(F)cc1. The Bertz CT molecular complexity index is 591. The molecule has 0 spiro atoms. The third-order valence-electron chi connectivity index (χ3n) is 2.81. The van der Waals surface area contributed by atoms with Crippen LogP contribution in [0.25, 0.3) is 0 Å². The number of hydrogen-bond donors (Lipinski definition) is 0. The third kappa shape index (κ3) is 2.85. The van der Waals surface area contributed by atoms with Crippen LogP contribution in [0, 0.1) is 5.82 Å². The second-order valence-corrected chi connectivity index (χ2v) is 4.08. The number of carbonyl (C=O) groups excluding carboxylic acids is 2. The smallest absolute Gasteiger partial charge is 0.258 e. The lowest BCUT2D eigenvalue weighted by atomic mass is 10.1. The molecule has 4 heteroatoms. The highest BCUT2D eigenvalue weighted by atomic mass is 19.1. The molecule has 19 heavy (non-hydrogen) atoms. The Morgan fingerprint density at radius 2 is 1.63 bits per heavy atom. The Morgan fingerprint density at radius 1 is 1.05 bits per heavy atom. The molecule has 0 aliphatic rings. The topological polar surface area (TPSA) is 37.4 Å². The maximum absolute atomic E-state index is 12.8. The number of amides is 1. The van der Waals surface area contributed by atoms with Gasteiger partial charge in [0.15, 0.2) is 0 Å². The van der Waals surface area contributed by atoms with E-state index < -0.39 is 0 Å². The van der Waals surface area contributed by atoms with E-state index in [4.69, 9.17) is 0 Å². The van der Waals surface area contributed by atoms with Gasteiger partial charge in [-0.2, -0.15) is 0 Å². The van der Waals surface area contributed by atoms with Crippen molar-refractivity contribution >= 4 is 17.9 Å². The monoisotopic (exact) mass is 257 g/mol. The molecule has 0 atom stereocenters. The maximum Gasteiger partial charge on any atom is 0.258 e. The molecule has 0 heterocycles. The number of hydrogen-bond acceptors (Lipinski definition) is 2. The number of anilines is 1. The number of carbonyl (C=O) groups is 2. The number of halogens is 1. The molecule has 2 rings (SSSR count). The summed E-state index contributed by atoms with van der Waals surface area (Å²) in [6, 6.07) is 12.0. The van der Waals surface area contributed by atoms with Gasteiger partial charge in [-0.1, -0.05) is 12.1 Å². The van der Waals surface area contributed by atoms with Crippen LogP contribution in [0.2, 0.25) is 0 Å². The van der Waals surface area contributed by atoms with Crippen molar-refractivity contribution in [1.29, 1.82) is 0 Å². The summed E-state index contributed by atoms with van der Waals surface area (Å²) in [5, 5.41) is 0. The minimum absolute atomic E-state index is 0.218. The number of benzene rings is 2. The van der Waals surface area contributed by atoms with Crippen molar-refractivity contribution in [2.75, 3.05) is 11.9 Å². The van der Waals surface area contributed by atoms with Crippen molar-refractivity contribution in [2.24, 2.45) is 0 Å². The zero-order chi connectivity index (χ0) is 13.8. The highest BCUT2D eigenvalue weighted by Crippen LogP contribution is 2.16. The van der Waals surface area contributed by atoms with Crippen molar-refractivity contribution < 1.29 is 14.0 Å². The number of nitrogens with zero attached hydrogens (tertiary/aromatic N) is 1. The van der Waals surface area contributed by atoms with E-state index in [0.717, 1.165) is 6.29 Å². The Morgan fingerprint density at radius 3 is 2.16 bits per heavy atom. The summed E-state index contributed by atoms with van der Waals surface area (Å²) in [5.74, 6) is -0.566. The van der Waals surface area contributed by atoms with Crippen LogP contribution in [0.5, 0.6) is 0 Å². The average Bonchev–Trinajstić information content (AvgIpc) is 2.46. The summed E-state index contributed by atoms with van der Waals surface area (Å²) >= 11 is 0. The lowest BCUT2D eigenvalue weighted by molar-refractivity contribution is 0.0992. The van der Waals surface area contributed by atoms with Crippen LogP contribution in [-0.2, 0) is 0 Å². The Balaban J connectivity index is 2.22. The molecule has 0 aliphatic carbocycles. The minimum Gasteiger partial charge on any atom is -0.311 e. The van der Waals surface area contributed by atoms with E-state index in [1.165, 1.54) is 29.2 Å². The highest BCUT2D eigenvalue weighted by molar-refractivity contribution is 6.05. The predicted octanol–water partition coefficient (Wildman–Crippen LogP) is 2.91. The molecule has 0 unspecified atom stereocenters. The molecule has 96 valence electrons. The molecular weight excluding hydrogens is 245 g/mol. The normalized spacial score (nSPS) is 10.0. The minimum atomic E-state index is -0.347. The van der Waals surface area contributed by atoms with Gasteiger partial charge in [0.05, 0.1) is 0 Å². The van der Waals surface area contributed by atoms with Gasteiger partial charge in [0.2, 0.25) is 0 Å². The fourth-order valence-electron chi connectivity index (χ4n) is 1.68. The molecule has 1 amide bonds. The summed E-state index contributed by atoms with van der Waals surface area (Å²) in [5.41, 5.74) is 1.59. The molecule has 0 fully saturated rings. The standard InChI is InChI=1S/C15H12FNO2/c1-17(14-8-6-13(16)7-9-14)15(19)12-4-2-11(10-18)3-5-12/h2-10H,1H3. The van der Waals surface area contributed by atoms with Gasteiger partial charge in [0.25, 0.3) is 5.91 Å². The first-order valence-electron chi connectivity index (χ1n) is 5.70. The summed E-state index contributed by atoms with van der Waals surface area (Å²) < 4.78 is 12.8. The van der Waals surface area contributed by atoms with Crippen molar-refractivity contribution in [1.82, 2.24) is 0 Å². The van der Waals surface area contributed by atoms with Gasteiger partial charge < -0.3 is 4.90 Å². The molecule has 3 nitrogen and oxygen atoms in total. The van der Waals surface area contributed by atoms with Crippen LogP contribution in [0.4, 0.5) is 10.1 Å². The fourth-order valence-corrected chi connectivity index (χ4v) is 1.68. The van der Waals surface area contributed by atoms with E-state index in [1.54, 1.807) is 31.3 Å². The molecule has 0 radical (unpaired) electrons. The molecule has 0 N–H and O–H groups in total. The average molecular weight is 257 g/mol. The fraction of sp³-hybridized carbons (Fsp3) is 0.0667. The lowest BCUT2D eigenvalue weighted by Crippen LogP contribution is -2.26. The maximum atomic E-state index is 12.8. The van der Waals surface area contributed by atoms with Crippen LogP contribution in [-0.4, -0.2) is 19.2 Å². The molecule has 0 aliphatic heterocycles. The second-order valence-electron chi connectivity index (χ2n) is 4.08. The molecular formula is C15H12FNO2. The first-order valence-corrected chi connectivity index (χ1v) is 5.70. The van der Waals surface area contributed by atoms with Crippen molar-refractivity contribution in [2.45, 2.75) is 0 Å². The predicted molar refractivity (Wildman–Crippen MR) is 71.0 cm³/mol. The van der Waals surface area contributed by atoms with E-state index in [9.17, 15) is 14.0 Å². The highest BCUT2D eigenvalue weighted by Gasteiger charge is 2.13. The van der Waals surface area contributed by atoms with Gasteiger partial charge >= 0.3 is 0 Å². The third-order valence-corrected chi connectivity index (χ3v) is 2.81. The van der Waals surface area contributed by atoms with Crippen molar-refractivity contribution in [3.05, 3.63) is 65.5 Å². The summed E-state index contributed by atoms with van der Waals surface area (Å²) in [4.78, 5) is 24.1. The first-order chi connectivity index (χ1) is 9.11. The van der Waals surface area contributed by atoms with Crippen molar-refractivity contribution in [3.63, 3.8) is 0 Å². The van der Waals surface area contributed by atoms with Crippen LogP contribution >= 0.6 is 0 Å². The van der Waals surface area contributed by atoms with E-state index in [-0.39, 0.29) is 11.7 Å². The summed E-state index contributed by atoms with van der Waals surface area (Å²) in [6.45, 7) is 0. The molecule has 0 bridgehead atoms. The summed E-state index contributed by atoms with van der Waals surface area (Å²) in [6.07, 6.45) is 0.720. The van der Waals surface area contributed by atoms with E-state index in [1.807, 2.05) is 0 Å². The Labute approximate surface area is 110 Å². The lowest BCUT2D eigenvalue weighted by Gasteiger charge is -2.17. The van der Waals surface area contributed by atoms with Gasteiger partial charge in [-0.25, -0.2) is 4.39 Å². The van der Waals surface area contributed by atoms with Crippen molar-refractivity contribution in [3.8, 4) is 0 Å². The van der Waals surface area contributed by atoms with Gasteiger partial charge in [0.1, 0.15) is 12.1 Å². The van der Waals surface area contributed by atoms with Gasteiger partial charge in [-0.3, -0.25) is 9.59 Å². The quantitative estimate of drug-likeness (QED) is 0.793. The largest absolute Gasteiger partial charge is 0.311 e. The molecule has 0 aromatic heterocycles. The first kappa shape index (κ1) is 13.0. The van der Waals surface area contributed by atoms with Crippen LogP contribution in [0.15, 0.2) is 48.5 Å². The summed E-state index contributed by atoms with van der Waals surface area (Å²) in [7, 11) is 1.61. The molecule has 2 aromatic carbocycles. The Kier molecular flexibility index (Phi) is 3.71. The Hall–Kier alpha value is -2.49. The van der Waals surface area contributed by atoms with Crippen LogP contribution < -0.4 is 4.90 Å². The van der Waals surface area contributed by atoms with Gasteiger partial charge in [0, 0.05) is 23.9 Å². The zero-order valence-corrected chi connectivity index (χ0v) is 10.3. The molecule has 2 aromatic rings. The van der Waals surface area contributed by atoms with Crippen LogP contribution in [0.1, 0.15) is 20.7 Å². The van der Waals surface area contributed by atoms with E-state index >= 15 is 0 Å². The molecule has 0 saturated heterocycles.